The maximum atomic E-state index is 11.9. The second kappa shape index (κ2) is 9.61. The van der Waals surface area contributed by atoms with Gasteiger partial charge in [-0.15, -0.1) is 0 Å². The minimum absolute atomic E-state index is 0.0401. The number of esters is 1. The molecule has 0 spiro atoms. The van der Waals surface area contributed by atoms with Gasteiger partial charge >= 0.3 is 5.97 Å². The van der Waals surface area contributed by atoms with Crippen LogP contribution in [0.1, 0.15) is 37.6 Å². The monoisotopic (exact) mass is 356 g/mol. The van der Waals surface area contributed by atoms with Crippen LogP contribution in [0.3, 0.4) is 0 Å². The summed E-state index contributed by atoms with van der Waals surface area (Å²) < 4.78 is 16.3. The lowest BCUT2D eigenvalue weighted by atomic mass is 10.1. The Kier molecular flexibility index (Phi) is 7.21. The van der Waals surface area contributed by atoms with Crippen LogP contribution in [0.5, 0.6) is 17.2 Å². The van der Waals surface area contributed by atoms with E-state index in [1.165, 1.54) is 6.92 Å². The smallest absolute Gasteiger partial charge is 0.349 e. The van der Waals surface area contributed by atoms with Crippen molar-refractivity contribution in [2.45, 2.75) is 27.2 Å². The summed E-state index contributed by atoms with van der Waals surface area (Å²) in [7, 11) is 0. The van der Waals surface area contributed by atoms with Gasteiger partial charge in [-0.3, -0.25) is 4.79 Å². The molecule has 0 atom stereocenters. The Morgan fingerprint density at radius 3 is 2.19 bits per heavy atom. The lowest BCUT2D eigenvalue weighted by Gasteiger charge is -2.10. The summed E-state index contributed by atoms with van der Waals surface area (Å²) in [6, 6.07) is 13.6. The third kappa shape index (κ3) is 6.59. The molecule has 0 heterocycles. The highest BCUT2D eigenvalue weighted by molar-refractivity contribution is 5.94. The van der Waals surface area contributed by atoms with Crippen LogP contribution in [0.15, 0.2) is 48.5 Å². The van der Waals surface area contributed by atoms with Crippen LogP contribution >= 0.6 is 0 Å². The van der Waals surface area contributed by atoms with E-state index in [4.69, 9.17) is 14.2 Å². The first-order valence-corrected chi connectivity index (χ1v) is 8.61. The average Bonchev–Trinajstić information content (AvgIpc) is 2.60. The fourth-order valence-corrected chi connectivity index (χ4v) is 2.13. The van der Waals surface area contributed by atoms with Gasteiger partial charge in [-0.1, -0.05) is 19.9 Å². The van der Waals surface area contributed by atoms with E-state index in [-0.39, 0.29) is 12.4 Å². The zero-order chi connectivity index (χ0) is 18.9. The van der Waals surface area contributed by atoms with Crippen LogP contribution < -0.4 is 14.2 Å². The molecule has 2 aromatic carbocycles. The Morgan fingerprint density at radius 2 is 1.58 bits per heavy atom. The van der Waals surface area contributed by atoms with Gasteiger partial charge in [0.25, 0.3) is 0 Å². The summed E-state index contributed by atoms with van der Waals surface area (Å²) in [5.74, 6) is 1.63. The summed E-state index contributed by atoms with van der Waals surface area (Å²) >= 11 is 0. The molecule has 0 amide bonds. The number of carbonyl (C=O) groups excluding carboxylic acids is 2. The van der Waals surface area contributed by atoms with Crippen molar-refractivity contribution in [1.82, 2.24) is 0 Å². The van der Waals surface area contributed by atoms with Gasteiger partial charge in [-0.05, 0) is 55.7 Å². The highest BCUT2D eigenvalue weighted by Gasteiger charge is 2.08. The van der Waals surface area contributed by atoms with Gasteiger partial charge in [-0.25, -0.2) is 4.79 Å². The molecule has 0 fully saturated rings. The second-order valence-electron chi connectivity index (χ2n) is 6.35. The molecule has 0 unspecified atom stereocenters. The van der Waals surface area contributed by atoms with Crippen molar-refractivity contribution in [3.63, 3.8) is 0 Å². The Morgan fingerprint density at radius 1 is 0.923 bits per heavy atom. The Bertz CT molecular complexity index is 734. The van der Waals surface area contributed by atoms with E-state index in [2.05, 4.69) is 13.8 Å². The van der Waals surface area contributed by atoms with E-state index in [1.807, 2.05) is 12.1 Å². The molecule has 2 rings (SSSR count). The highest BCUT2D eigenvalue weighted by Crippen LogP contribution is 2.20. The molecular formula is C21H24O5. The SMILES string of the molecule is CC(=O)c1ccc(OC(=O)COc2cccc(OCCC(C)C)c2)cc1. The van der Waals surface area contributed by atoms with E-state index in [0.29, 0.717) is 35.3 Å². The highest BCUT2D eigenvalue weighted by atomic mass is 16.6. The number of ketones is 1. The number of hydrogen-bond donors (Lipinski definition) is 0. The number of carbonyl (C=O) groups is 2. The van der Waals surface area contributed by atoms with Gasteiger partial charge in [0.2, 0.25) is 0 Å². The Labute approximate surface area is 153 Å². The molecule has 26 heavy (non-hydrogen) atoms. The maximum absolute atomic E-state index is 11.9. The first kappa shape index (κ1) is 19.5. The third-order valence-electron chi connectivity index (χ3n) is 3.62. The predicted octanol–water partition coefficient (Wildman–Crippen LogP) is 4.30. The third-order valence-corrected chi connectivity index (χ3v) is 3.62. The first-order valence-electron chi connectivity index (χ1n) is 8.61. The fourth-order valence-electron chi connectivity index (χ4n) is 2.13. The molecule has 0 saturated carbocycles. The second-order valence-corrected chi connectivity index (χ2v) is 6.35. The summed E-state index contributed by atoms with van der Waals surface area (Å²) in [5, 5.41) is 0. The van der Waals surface area contributed by atoms with Crippen LogP contribution in [0.25, 0.3) is 0 Å². The number of rotatable bonds is 9. The van der Waals surface area contributed by atoms with Crippen LogP contribution in [0, 0.1) is 5.92 Å². The summed E-state index contributed by atoms with van der Waals surface area (Å²) in [6.45, 7) is 6.18. The van der Waals surface area contributed by atoms with Gasteiger partial charge < -0.3 is 14.2 Å². The zero-order valence-electron chi connectivity index (χ0n) is 15.4. The van der Waals surface area contributed by atoms with E-state index >= 15 is 0 Å². The first-order chi connectivity index (χ1) is 12.4. The van der Waals surface area contributed by atoms with Crippen LogP contribution in [0.2, 0.25) is 0 Å². The van der Waals surface area contributed by atoms with Crippen LogP contribution in [0.4, 0.5) is 0 Å². The van der Waals surface area contributed by atoms with Crippen molar-refractivity contribution in [1.29, 1.82) is 0 Å². The molecule has 0 aliphatic carbocycles. The topological polar surface area (TPSA) is 61.8 Å². The van der Waals surface area contributed by atoms with Crippen molar-refractivity contribution < 1.29 is 23.8 Å². The molecule has 2 aromatic rings. The van der Waals surface area contributed by atoms with Crippen molar-refractivity contribution in [2.24, 2.45) is 5.92 Å². The maximum Gasteiger partial charge on any atom is 0.349 e. The van der Waals surface area contributed by atoms with Gasteiger partial charge in [-0.2, -0.15) is 0 Å². The molecule has 5 heteroatoms. The summed E-state index contributed by atoms with van der Waals surface area (Å²) in [5.41, 5.74) is 0.565. The quantitative estimate of drug-likeness (QED) is 0.381. The van der Waals surface area contributed by atoms with E-state index in [0.717, 1.165) is 6.42 Å². The normalized spacial score (nSPS) is 10.5. The number of benzene rings is 2. The zero-order valence-corrected chi connectivity index (χ0v) is 15.4. The molecule has 0 aliphatic heterocycles. The fraction of sp³-hybridized carbons (Fsp3) is 0.333. The Hall–Kier alpha value is -2.82. The van der Waals surface area contributed by atoms with Crippen LogP contribution in [-0.4, -0.2) is 25.0 Å². The van der Waals surface area contributed by atoms with E-state index in [1.54, 1.807) is 36.4 Å². The number of Topliss-reactive ketones (excluding diaryl/α,β-unsaturated/α-hetero) is 1. The predicted molar refractivity (Wildman–Crippen MR) is 99.0 cm³/mol. The molecule has 0 N–H and O–H groups in total. The molecule has 0 bridgehead atoms. The minimum atomic E-state index is -0.522. The molecular weight excluding hydrogens is 332 g/mol. The van der Waals surface area contributed by atoms with Crippen molar-refractivity contribution in [3.05, 3.63) is 54.1 Å². The van der Waals surface area contributed by atoms with Crippen molar-refractivity contribution >= 4 is 11.8 Å². The molecule has 0 radical (unpaired) electrons. The van der Waals surface area contributed by atoms with Crippen molar-refractivity contribution in [2.75, 3.05) is 13.2 Å². The van der Waals surface area contributed by atoms with E-state index < -0.39 is 5.97 Å². The number of hydrogen-bond acceptors (Lipinski definition) is 5. The van der Waals surface area contributed by atoms with Gasteiger partial charge in [0.05, 0.1) is 6.61 Å². The summed E-state index contributed by atoms with van der Waals surface area (Å²) in [4.78, 5) is 23.1. The average molecular weight is 356 g/mol. The molecule has 0 aliphatic rings. The summed E-state index contributed by atoms with van der Waals surface area (Å²) in [6.07, 6.45) is 0.972. The molecule has 138 valence electrons. The van der Waals surface area contributed by atoms with Gasteiger partial charge in [0.15, 0.2) is 12.4 Å². The molecule has 5 nitrogen and oxygen atoms in total. The van der Waals surface area contributed by atoms with Crippen molar-refractivity contribution in [3.8, 4) is 17.2 Å². The minimum Gasteiger partial charge on any atom is -0.493 e. The standard InChI is InChI=1S/C21H24O5/c1-15(2)11-12-24-19-5-4-6-20(13-19)25-14-21(23)26-18-9-7-17(8-10-18)16(3)22/h4-10,13,15H,11-12,14H2,1-3H3. The van der Waals surface area contributed by atoms with E-state index in [9.17, 15) is 9.59 Å². The lowest BCUT2D eigenvalue weighted by Crippen LogP contribution is -2.17. The number of ether oxygens (including phenoxy) is 3. The van der Waals surface area contributed by atoms with Gasteiger partial charge in [0.1, 0.15) is 17.2 Å². The Balaban J connectivity index is 1.82. The van der Waals surface area contributed by atoms with Crippen LogP contribution in [-0.2, 0) is 4.79 Å². The molecule has 0 saturated heterocycles. The largest absolute Gasteiger partial charge is 0.493 e. The molecule has 0 aromatic heterocycles. The lowest BCUT2D eigenvalue weighted by molar-refractivity contribution is -0.136. The van der Waals surface area contributed by atoms with Gasteiger partial charge in [0, 0.05) is 11.6 Å².